The highest BCUT2D eigenvalue weighted by Crippen LogP contribution is 2.21. The van der Waals surface area contributed by atoms with Gasteiger partial charge in [0, 0.05) is 19.1 Å². The number of nitrogens with one attached hydrogen (secondary N) is 2. The molecule has 0 amide bonds. The van der Waals surface area contributed by atoms with E-state index in [0.29, 0.717) is 17.7 Å². The predicted molar refractivity (Wildman–Crippen MR) is 70.1 cm³/mol. The Balaban J connectivity index is 1.89. The number of fused-ring (bicyclic) bond motifs is 1. The number of benzene rings is 1. The minimum Gasteiger partial charge on any atom is -0.508 e. The van der Waals surface area contributed by atoms with Gasteiger partial charge in [-0.2, -0.15) is 0 Å². The number of phenolic OH excluding ortho intramolecular Hbond substituents is 1. The molecule has 1 aromatic rings. The minimum atomic E-state index is 0.375. The zero-order valence-electron chi connectivity index (χ0n) is 10.7. The molecule has 1 atom stereocenters. The van der Waals surface area contributed by atoms with E-state index in [9.17, 15) is 5.11 Å². The van der Waals surface area contributed by atoms with Crippen LogP contribution in [0.25, 0.3) is 0 Å². The lowest BCUT2D eigenvalue weighted by Crippen LogP contribution is -2.43. The molecule has 0 fully saturated rings. The van der Waals surface area contributed by atoms with Gasteiger partial charge >= 0.3 is 0 Å². The highest BCUT2D eigenvalue weighted by atomic mass is 16.3. The maximum absolute atomic E-state index is 9.49. The molecule has 0 saturated heterocycles. The van der Waals surface area contributed by atoms with Crippen LogP contribution in [0.3, 0.4) is 0 Å². The van der Waals surface area contributed by atoms with E-state index < -0.39 is 0 Å². The zero-order chi connectivity index (χ0) is 12.3. The van der Waals surface area contributed by atoms with E-state index >= 15 is 0 Å². The van der Waals surface area contributed by atoms with Crippen molar-refractivity contribution in [2.24, 2.45) is 5.92 Å². The van der Waals surface area contributed by atoms with Gasteiger partial charge in [0.2, 0.25) is 0 Å². The van der Waals surface area contributed by atoms with Crippen molar-refractivity contribution in [3.63, 3.8) is 0 Å². The van der Waals surface area contributed by atoms with Gasteiger partial charge in [0.15, 0.2) is 0 Å². The first-order chi connectivity index (χ1) is 8.15. The van der Waals surface area contributed by atoms with Crippen molar-refractivity contribution < 1.29 is 5.11 Å². The highest BCUT2D eigenvalue weighted by molar-refractivity contribution is 5.36. The second kappa shape index (κ2) is 5.52. The van der Waals surface area contributed by atoms with Crippen molar-refractivity contribution in [2.75, 3.05) is 13.1 Å². The fourth-order valence-electron chi connectivity index (χ4n) is 2.26. The van der Waals surface area contributed by atoms with E-state index in [1.807, 2.05) is 12.1 Å². The molecule has 3 heteroatoms. The molecule has 0 aromatic heterocycles. The van der Waals surface area contributed by atoms with Gasteiger partial charge in [-0.05, 0) is 42.1 Å². The van der Waals surface area contributed by atoms with Crippen LogP contribution in [-0.4, -0.2) is 24.2 Å². The maximum atomic E-state index is 9.49. The number of rotatable bonds is 4. The van der Waals surface area contributed by atoms with Gasteiger partial charge in [-0.15, -0.1) is 0 Å². The zero-order valence-corrected chi connectivity index (χ0v) is 10.7. The Morgan fingerprint density at radius 1 is 1.41 bits per heavy atom. The molecule has 1 unspecified atom stereocenters. The molecule has 1 heterocycles. The third kappa shape index (κ3) is 3.45. The van der Waals surface area contributed by atoms with Crippen molar-refractivity contribution in [1.29, 1.82) is 0 Å². The fraction of sp³-hybridized carbons (Fsp3) is 0.571. The summed E-state index contributed by atoms with van der Waals surface area (Å²) >= 11 is 0. The summed E-state index contributed by atoms with van der Waals surface area (Å²) in [7, 11) is 0. The maximum Gasteiger partial charge on any atom is 0.115 e. The first kappa shape index (κ1) is 12.4. The van der Waals surface area contributed by atoms with Crippen molar-refractivity contribution in [3.8, 4) is 5.75 Å². The Kier molecular flexibility index (Phi) is 4.02. The molecule has 3 nitrogen and oxygen atoms in total. The van der Waals surface area contributed by atoms with Gasteiger partial charge in [0.25, 0.3) is 0 Å². The van der Waals surface area contributed by atoms with E-state index in [4.69, 9.17) is 0 Å². The van der Waals surface area contributed by atoms with Crippen LogP contribution in [0.4, 0.5) is 0 Å². The lowest BCUT2D eigenvalue weighted by molar-refractivity contribution is 0.428. The first-order valence-corrected chi connectivity index (χ1v) is 6.40. The van der Waals surface area contributed by atoms with Crippen molar-refractivity contribution in [3.05, 3.63) is 29.3 Å². The van der Waals surface area contributed by atoms with Crippen molar-refractivity contribution >= 4 is 0 Å². The summed E-state index contributed by atoms with van der Waals surface area (Å²) in [5.41, 5.74) is 2.59. The lowest BCUT2D eigenvalue weighted by Gasteiger charge is -2.26. The van der Waals surface area contributed by atoms with Crippen LogP contribution < -0.4 is 10.6 Å². The number of hydrogen-bond donors (Lipinski definition) is 3. The molecule has 0 radical (unpaired) electrons. The molecule has 0 aliphatic carbocycles. The standard InChI is InChI=1S/C14H22N2O/c1-10(2)7-15-9-13-5-12-6-14(17)4-3-11(12)8-16-13/h3-4,6,10,13,15-17H,5,7-9H2,1-2H3. The molecule has 1 aliphatic rings. The monoisotopic (exact) mass is 234 g/mol. The summed E-state index contributed by atoms with van der Waals surface area (Å²) in [6, 6.07) is 6.14. The van der Waals surface area contributed by atoms with Gasteiger partial charge in [-0.3, -0.25) is 0 Å². The summed E-state index contributed by atoms with van der Waals surface area (Å²) in [4.78, 5) is 0. The Bertz CT molecular complexity index is 376. The van der Waals surface area contributed by atoms with Gasteiger partial charge in [-0.25, -0.2) is 0 Å². The van der Waals surface area contributed by atoms with Crippen LogP contribution in [0.15, 0.2) is 18.2 Å². The van der Waals surface area contributed by atoms with E-state index in [-0.39, 0.29) is 0 Å². The molecule has 0 saturated carbocycles. The van der Waals surface area contributed by atoms with E-state index in [1.165, 1.54) is 11.1 Å². The van der Waals surface area contributed by atoms with Crippen LogP contribution >= 0.6 is 0 Å². The summed E-state index contributed by atoms with van der Waals surface area (Å²) in [5.74, 6) is 1.06. The SMILES string of the molecule is CC(C)CNCC1Cc2cc(O)ccc2CN1. The number of aromatic hydroxyl groups is 1. The van der Waals surface area contributed by atoms with Gasteiger partial charge in [0.1, 0.15) is 5.75 Å². The van der Waals surface area contributed by atoms with Crippen molar-refractivity contribution in [1.82, 2.24) is 10.6 Å². The summed E-state index contributed by atoms with van der Waals surface area (Å²) in [6.45, 7) is 7.39. The first-order valence-electron chi connectivity index (χ1n) is 6.40. The molecule has 0 spiro atoms. The van der Waals surface area contributed by atoms with Gasteiger partial charge in [-0.1, -0.05) is 19.9 Å². The smallest absolute Gasteiger partial charge is 0.115 e. The van der Waals surface area contributed by atoms with Crippen LogP contribution in [0.2, 0.25) is 0 Å². The fourth-order valence-corrected chi connectivity index (χ4v) is 2.26. The summed E-state index contributed by atoms with van der Waals surface area (Å²) in [5, 5.41) is 16.5. The average molecular weight is 234 g/mol. The molecular weight excluding hydrogens is 212 g/mol. The number of hydrogen-bond acceptors (Lipinski definition) is 3. The Labute approximate surface area is 103 Å². The largest absolute Gasteiger partial charge is 0.508 e. The molecule has 0 bridgehead atoms. The van der Waals surface area contributed by atoms with Crippen molar-refractivity contribution in [2.45, 2.75) is 32.9 Å². The van der Waals surface area contributed by atoms with Gasteiger partial charge < -0.3 is 15.7 Å². The second-order valence-electron chi connectivity index (χ2n) is 5.29. The Hall–Kier alpha value is -1.06. The van der Waals surface area contributed by atoms with Crippen LogP contribution in [0.1, 0.15) is 25.0 Å². The minimum absolute atomic E-state index is 0.375. The van der Waals surface area contributed by atoms with Gasteiger partial charge in [0.05, 0.1) is 0 Å². The molecular formula is C14H22N2O. The summed E-state index contributed by atoms with van der Waals surface area (Å²) in [6.07, 6.45) is 0.995. The lowest BCUT2D eigenvalue weighted by atomic mass is 9.95. The van der Waals surface area contributed by atoms with E-state index in [0.717, 1.165) is 26.1 Å². The highest BCUT2D eigenvalue weighted by Gasteiger charge is 2.17. The van der Waals surface area contributed by atoms with Crippen LogP contribution in [0, 0.1) is 5.92 Å². The normalized spacial score (nSPS) is 19.4. The predicted octanol–water partition coefficient (Wildman–Crippen LogP) is 1.65. The molecule has 2 rings (SSSR count). The Morgan fingerprint density at radius 3 is 3.00 bits per heavy atom. The quantitative estimate of drug-likeness (QED) is 0.742. The van der Waals surface area contributed by atoms with E-state index in [2.05, 4.69) is 24.5 Å². The topological polar surface area (TPSA) is 44.3 Å². The molecule has 1 aromatic carbocycles. The average Bonchev–Trinajstić information content (AvgIpc) is 2.28. The molecule has 94 valence electrons. The molecule has 1 aliphatic heterocycles. The molecule has 3 N–H and O–H groups in total. The summed E-state index contributed by atoms with van der Waals surface area (Å²) < 4.78 is 0. The third-order valence-electron chi connectivity index (χ3n) is 3.18. The third-order valence-corrected chi connectivity index (χ3v) is 3.18. The van der Waals surface area contributed by atoms with E-state index in [1.54, 1.807) is 6.07 Å². The van der Waals surface area contributed by atoms with Crippen LogP contribution in [-0.2, 0) is 13.0 Å². The van der Waals surface area contributed by atoms with Crippen LogP contribution in [0.5, 0.6) is 5.75 Å². The molecule has 17 heavy (non-hydrogen) atoms. The Morgan fingerprint density at radius 2 is 2.24 bits per heavy atom. The second-order valence-corrected chi connectivity index (χ2v) is 5.29. The number of phenols is 1.